The molecular formula is C84H72Cl2F3N29O2Pt5-2. The van der Waals surface area contributed by atoms with Gasteiger partial charge < -0.3 is 86.5 Å². The molecule has 1 N–H and O–H groups in total. The molecule has 3 atom stereocenters. The zero-order chi connectivity index (χ0) is 85.5. The summed E-state index contributed by atoms with van der Waals surface area (Å²) in [4.78, 5) is 63.0. The first-order valence-electron chi connectivity index (χ1n) is 36.7. The Bertz CT molecular complexity index is 5540. The van der Waals surface area contributed by atoms with Crippen molar-refractivity contribution < 1.29 is 124 Å². The first kappa shape index (κ1) is 101. The van der Waals surface area contributed by atoms with Crippen LogP contribution in [0.5, 0.6) is 0 Å². The van der Waals surface area contributed by atoms with Crippen LogP contribution in [-0.2, 0) is 112 Å². The second-order valence-corrected chi connectivity index (χ2v) is 29.6. The second-order valence-electron chi connectivity index (χ2n) is 26.3. The molecule has 41 heteroatoms. The SMILES string of the molecule is CC1C2CCC1(C)c1n[n-]c(-c3nccc4ccccc34)c12.Cc1cc(-c2ccccn2)[n-]n1.Cc1cc(-c2ccccn2)[n-]n1.Cc1cc(-c2cnccn2)[n-]n1.Cc1cc(-c2cnccn2)[n-]n1.Cc1n[n-]c(-c2ccccn2)n1.Cc1n[n-]c(-c2ccccn2)n1.FC(F)(F)c1cc(-c2ccccn2)[n-]n1.O=C(O)c1ccccn1.[Cl][Pt][Cl].[Pt+2].[Pt+2].[Pt+2].[Pt]. The fourth-order valence-electron chi connectivity index (χ4n) is 12.0. The van der Waals surface area contributed by atoms with Crippen LogP contribution in [0.25, 0.3) is 102 Å². The molecule has 0 aliphatic heterocycles. The Hall–Kier alpha value is -11.5. The fraction of sp³-hybridized carbons (Fsp3) is 0.167. The number of benzene rings is 1. The summed E-state index contributed by atoms with van der Waals surface area (Å²) < 4.78 is 36.6. The third-order valence-corrected chi connectivity index (χ3v) is 17.8. The number of carboxylic acid groups (broad SMARTS) is 1. The predicted octanol–water partition coefficient (Wildman–Crippen LogP) is 14.3. The van der Waals surface area contributed by atoms with Crippen molar-refractivity contribution in [2.45, 2.75) is 85.7 Å². The van der Waals surface area contributed by atoms with Crippen LogP contribution in [0.1, 0.15) is 94.5 Å². The zero-order valence-corrected chi connectivity index (χ0v) is 79.9. The summed E-state index contributed by atoms with van der Waals surface area (Å²) in [5.74, 6) is 2.82. The van der Waals surface area contributed by atoms with Crippen molar-refractivity contribution in [3.63, 3.8) is 0 Å². The molecule has 652 valence electrons. The molecule has 31 nitrogen and oxygen atoms in total. The molecule has 0 amide bonds. The summed E-state index contributed by atoms with van der Waals surface area (Å²) in [5.41, 5.74) is 16.1. The van der Waals surface area contributed by atoms with Gasteiger partial charge in [-0.05, 0) is 174 Å². The Morgan fingerprint density at radius 2 is 0.824 bits per heavy atom. The topological polar surface area (TPSA) is 421 Å². The maximum absolute atomic E-state index is 12.2. The van der Waals surface area contributed by atoms with Gasteiger partial charge in [-0.15, -0.1) is 0 Å². The number of aryl methyl sites for hydroxylation is 6. The number of nitrogens with zero attached hydrogens (tertiary/aromatic N) is 29. The van der Waals surface area contributed by atoms with Gasteiger partial charge in [0, 0.05) is 157 Å². The van der Waals surface area contributed by atoms with Crippen LogP contribution in [0.2, 0.25) is 0 Å². The summed E-state index contributed by atoms with van der Waals surface area (Å²) in [6.07, 6.45) is 19.7. The van der Waals surface area contributed by atoms with E-state index in [0.29, 0.717) is 40.8 Å². The number of carbonyl (C=O) groups is 1. The number of hydrogen-bond acceptors (Lipinski definition) is 22. The van der Waals surface area contributed by atoms with Gasteiger partial charge in [-0.2, -0.15) is 13.2 Å². The number of fused-ring (bicyclic) bond motifs is 6. The molecule has 0 spiro atoms. The number of hydrogen-bond donors (Lipinski definition) is 1. The summed E-state index contributed by atoms with van der Waals surface area (Å²) >= 11 is -0.472. The molecule has 17 aromatic heterocycles. The molecule has 2 aliphatic rings. The molecule has 0 radical (unpaired) electrons. The molecule has 1 aromatic carbocycles. The second kappa shape index (κ2) is 50.5. The van der Waals surface area contributed by atoms with Crippen molar-refractivity contribution >= 4 is 35.6 Å². The molecule has 3 unspecified atom stereocenters. The smallest absolute Gasteiger partial charge is 0 e. The molecular weight excluding hydrogens is 2550 g/mol. The molecule has 1 saturated carbocycles. The Morgan fingerprint density at radius 3 is 1.17 bits per heavy atom. The number of carboxylic acids is 1. The van der Waals surface area contributed by atoms with Crippen LogP contribution in [0.4, 0.5) is 13.2 Å². The predicted molar refractivity (Wildman–Crippen MR) is 440 cm³/mol. The Morgan fingerprint density at radius 1 is 0.440 bits per heavy atom. The van der Waals surface area contributed by atoms with E-state index >= 15 is 0 Å². The monoisotopic (exact) mass is 2620 g/mol. The van der Waals surface area contributed by atoms with Crippen molar-refractivity contribution in [1.29, 1.82) is 0 Å². The standard InChI is InChI=1S/C19H18N3.C9H5F3N3.2C9H8N3.4C8H7N4.C6H5NO2.2ClH.5Pt/c1-11-13-7-9-19(11,2)18-15(13)17(21-22-18)16-14-6-4-3-5-12(14)8-10-20-16;10-9(11,12)8-5-7(14-15-8)6-3-1-2-4-13-6;2*1-7-6-9(12-11-7)8-4-2-3-5-10-8;2*1-6-4-7(12-11-6)8-5-9-2-3-10-8;2*1-6-10-8(12-11-6)7-4-2-3-5-9-7;8-6(9)5-3-1-2-4-7-5;;;;;;;/h3-6,8,10-11,13H,7,9H2,1-2H3;1-5H;2*2-6H,1H3;4*2-5H,1H3;1-4H,(H,8,9);2*1H;;;;;/q8*-1;;;;;4*+2/p-2. The number of aromatic carboxylic acids is 1. The number of pyridine rings is 7. The van der Waals surface area contributed by atoms with Crippen LogP contribution >= 0.6 is 18.8 Å². The minimum Gasteiger partial charge on any atom is 0 e. The first-order valence-corrected chi connectivity index (χ1v) is 42.4. The normalized spacial score (nSPS) is 13.2. The van der Waals surface area contributed by atoms with E-state index in [1.807, 2.05) is 131 Å². The van der Waals surface area contributed by atoms with Gasteiger partial charge in [0.05, 0.1) is 40.9 Å². The molecule has 125 heavy (non-hydrogen) atoms. The van der Waals surface area contributed by atoms with Crippen LogP contribution in [-0.4, -0.2) is 117 Å². The van der Waals surface area contributed by atoms with Crippen LogP contribution in [0, 0.1) is 47.5 Å². The minimum atomic E-state index is -4.46. The summed E-state index contributed by atoms with van der Waals surface area (Å²) in [6, 6.07) is 51.3. The van der Waals surface area contributed by atoms with Gasteiger partial charge in [0.1, 0.15) is 11.4 Å². The van der Waals surface area contributed by atoms with Gasteiger partial charge >= 0.3 is 111 Å². The third kappa shape index (κ3) is 29.0. The van der Waals surface area contributed by atoms with Crippen molar-refractivity contribution in [2.75, 3.05) is 0 Å². The molecule has 2 bridgehead atoms. The van der Waals surface area contributed by atoms with Crippen molar-refractivity contribution in [3.05, 3.63) is 307 Å². The molecule has 20 rings (SSSR count). The van der Waals surface area contributed by atoms with E-state index in [0.717, 1.165) is 97.2 Å². The average Bonchev–Trinajstić information content (AvgIpc) is 1.54. The Labute approximate surface area is 789 Å². The van der Waals surface area contributed by atoms with E-state index in [1.165, 1.54) is 53.3 Å². The van der Waals surface area contributed by atoms with Crippen molar-refractivity contribution in [3.8, 4) is 91.4 Å². The average molecular weight is 2620 g/mol. The van der Waals surface area contributed by atoms with E-state index in [2.05, 4.69) is 191 Å². The number of alkyl halides is 3. The maximum Gasteiger partial charge on any atom is 2.00 e. The van der Waals surface area contributed by atoms with E-state index < -0.39 is 34.3 Å². The summed E-state index contributed by atoms with van der Waals surface area (Å²) in [7, 11) is 9.75. The van der Waals surface area contributed by atoms with Crippen LogP contribution < -0.4 is 40.8 Å². The number of aromatic nitrogens is 29. The molecule has 1 fully saturated rings. The van der Waals surface area contributed by atoms with Crippen LogP contribution in [0.3, 0.4) is 0 Å². The van der Waals surface area contributed by atoms with Crippen molar-refractivity contribution in [2.24, 2.45) is 5.92 Å². The molecule has 17 heterocycles. The molecule has 2 aliphatic carbocycles. The van der Waals surface area contributed by atoms with Gasteiger partial charge in [-0.3, -0.25) is 60.0 Å². The fourth-order valence-corrected chi connectivity index (χ4v) is 12.0. The van der Waals surface area contributed by atoms with Crippen molar-refractivity contribution in [1.82, 2.24) is 146 Å². The molecule has 0 saturated heterocycles. The number of halogens is 5. The van der Waals surface area contributed by atoms with E-state index in [-0.39, 0.29) is 101 Å². The van der Waals surface area contributed by atoms with Gasteiger partial charge in [0.15, 0.2) is 0 Å². The van der Waals surface area contributed by atoms with E-state index in [4.69, 9.17) is 23.9 Å². The zero-order valence-electron chi connectivity index (χ0n) is 67.0. The van der Waals surface area contributed by atoms with E-state index in [9.17, 15) is 18.0 Å². The quantitative estimate of drug-likeness (QED) is 0.140. The van der Waals surface area contributed by atoms with Crippen LogP contribution in [0.15, 0.2) is 250 Å². The summed E-state index contributed by atoms with van der Waals surface area (Å²) in [5, 5.41) is 73.0. The first-order chi connectivity index (χ1) is 58.7. The Balaban J connectivity index is 0.000000194. The third-order valence-electron chi connectivity index (χ3n) is 17.8. The Kier molecular flexibility index (Phi) is 40.6. The summed E-state index contributed by atoms with van der Waals surface area (Å²) in [6.45, 7) is 16.0. The molecule has 18 aromatic rings. The van der Waals surface area contributed by atoms with Gasteiger partial charge in [0.25, 0.3) is 0 Å². The largest absolute Gasteiger partial charge is 2.00 e. The maximum atomic E-state index is 12.2. The minimum absolute atomic E-state index is 0. The van der Waals surface area contributed by atoms with E-state index in [1.54, 1.807) is 106 Å². The number of rotatable bonds is 9. The van der Waals surface area contributed by atoms with Gasteiger partial charge in [-0.25, -0.2) is 9.78 Å². The van der Waals surface area contributed by atoms with Gasteiger partial charge in [-0.1, -0.05) is 133 Å². The van der Waals surface area contributed by atoms with Gasteiger partial charge in [0.2, 0.25) is 0 Å².